The van der Waals surface area contributed by atoms with Crippen molar-refractivity contribution in [2.45, 2.75) is 25.6 Å². The lowest BCUT2D eigenvalue weighted by atomic mass is 10.1. The Kier molecular flexibility index (Phi) is 6.62. The third-order valence-electron chi connectivity index (χ3n) is 2.73. The molecule has 1 atom stereocenters. The first-order valence-corrected chi connectivity index (χ1v) is 6.67. The summed E-state index contributed by atoms with van der Waals surface area (Å²) in [5.41, 5.74) is 0.121. The standard InChI is InChI=1S/C15H16F3NO4/c1-2-3-4-12(14(21)22)19-13(20)10-5-7-11(8-6-10)23-9-15(16,17)18/h2-3,5-8,12H,4,9H2,1H3,(H,19,20)(H,21,22)/b3-2+. The third kappa shape index (κ3) is 6.86. The van der Waals surface area contributed by atoms with Crippen LogP contribution in [0, 0.1) is 0 Å². The largest absolute Gasteiger partial charge is 0.484 e. The maximum absolute atomic E-state index is 12.0. The highest BCUT2D eigenvalue weighted by atomic mass is 19.4. The van der Waals surface area contributed by atoms with E-state index in [4.69, 9.17) is 5.11 Å². The van der Waals surface area contributed by atoms with E-state index in [2.05, 4.69) is 10.1 Å². The smallest absolute Gasteiger partial charge is 0.422 e. The first-order valence-electron chi connectivity index (χ1n) is 6.67. The minimum atomic E-state index is -4.45. The molecular weight excluding hydrogens is 315 g/mol. The van der Waals surface area contributed by atoms with Gasteiger partial charge in [0, 0.05) is 5.56 Å². The molecule has 0 spiro atoms. The predicted molar refractivity (Wildman–Crippen MR) is 76.3 cm³/mol. The van der Waals surface area contributed by atoms with E-state index < -0.39 is 30.7 Å². The predicted octanol–water partition coefficient (Wildman–Crippen LogP) is 2.78. The number of alkyl halides is 3. The molecule has 0 heterocycles. The van der Waals surface area contributed by atoms with Crippen LogP contribution in [0.1, 0.15) is 23.7 Å². The molecule has 126 valence electrons. The number of carbonyl (C=O) groups excluding carboxylic acids is 1. The molecule has 8 heteroatoms. The van der Waals surface area contributed by atoms with Gasteiger partial charge in [-0.15, -0.1) is 0 Å². The molecule has 23 heavy (non-hydrogen) atoms. The fraction of sp³-hybridized carbons (Fsp3) is 0.333. The molecule has 0 aromatic heterocycles. The molecule has 1 rings (SSSR count). The van der Waals surface area contributed by atoms with Crippen LogP contribution in [0.5, 0.6) is 5.75 Å². The van der Waals surface area contributed by atoms with Crippen LogP contribution in [0.25, 0.3) is 0 Å². The van der Waals surface area contributed by atoms with Crippen molar-refractivity contribution in [2.75, 3.05) is 6.61 Å². The van der Waals surface area contributed by atoms with Crippen molar-refractivity contribution >= 4 is 11.9 Å². The Morgan fingerprint density at radius 1 is 1.30 bits per heavy atom. The van der Waals surface area contributed by atoms with E-state index in [0.29, 0.717) is 0 Å². The molecular formula is C15H16F3NO4. The van der Waals surface area contributed by atoms with Crippen molar-refractivity contribution in [1.29, 1.82) is 0 Å². The molecule has 5 nitrogen and oxygen atoms in total. The van der Waals surface area contributed by atoms with Gasteiger partial charge >= 0.3 is 12.1 Å². The van der Waals surface area contributed by atoms with Gasteiger partial charge in [-0.1, -0.05) is 12.2 Å². The van der Waals surface area contributed by atoms with Gasteiger partial charge in [0.05, 0.1) is 0 Å². The van der Waals surface area contributed by atoms with E-state index in [1.807, 2.05) is 0 Å². The van der Waals surface area contributed by atoms with E-state index in [1.54, 1.807) is 19.1 Å². The molecule has 0 aliphatic heterocycles. The Morgan fingerprint density at radius 3 is 2.39 bits per heavy atom. The number of ether oxygens (including phenoxy) is 1. The van der Waals surface area contributed by atoms with Crippen LogP contribution < -0.4 is 10.1 Å². The molecule has 1 aromatic rings. The summed E-state index contributed by atoms with van der Waals surface area (Å²) in [5, 5.41) is 11.3. The molecule has 1 aromatic carbocycles. The Balaban J connectivity index is 2.67. The second-order valence-corrected chi connectivity index (χ2v) is 4.60. The first-order chi connectivity index (χ1) is 10.7. The average Bonchev–Trinajstić information content (AvgIpc) is 2.48. The number of allylic oxidation sites excluding steroid dienone is 1. The minimum Gasteiger partial charge on any atom is -0.484 e. The van der Waals surface area contributed by atoms with E-state index in [0.717, 1.165) is 0 Å². The monoisotopic (exact) mass is 331 g/mol. The maximum Gasteiger partial charge on any atom is 0.422 e. The number of hydrogen-bond acceptors (Lipinski definition) is 3. The number of carboxylic acids is 1. The zero-order valence-corrected chi connectivity index (χ0v) is 12.3. The summed E-state index contributed by atoms with van der Waals surface area (Å²) in [7, 11) is 0. The highest BCUT2D eigenvalue weighted by Gasteiger charge is 2.28. The molecule has 0 saturated heterocycles. The van der Waals surface area contributed by atoms with Crippen LogP contribution in [0.15, 0.2) is 36.4 Å². The van der Waals surface area contributed by atoms with Gasteiger partial charge in [0.25, 0.3) is 5.91 Å². The third-order valence-corrected chi connectivity index (χ3v) is 2.73. The molecule has 0 bridgehead atoms. The van der Waals surface area contributed by atoms with Gasteiger partial charge in [0.2, 0.25) is 0 Å². The fourth-order valence-electron chi connectivity index (χ4n) is 1.60. The molecule has 0 aliphatic carbocycles. The maximum atomic E-state index is 12.0. The Bertz CT molecular complexity index is 567. The summed E-state index contributed by atoms with van der Waals surface area (Å²) in [6, 6.07) is 3.86. The zero-order chi connectivity index (χ0) is 17.5. The second kappa shape index (κ2) is 8.21. The van der Waals surface area contributed by atoms with Crippen molar-refractivity contribution < 1.29 is 32.6 Å². The second-order valence-electron chi connectivity index (χ2n) is 4.60. The van der Waals surface area contributed by atoms with E-state index in [9.17, 15) is 22.8 Å². The average molecular weight is 331 g/mol. The van der Waals surface area contributed by atoms with Crippen LogP contribution in [-0.4, -0.2) is 35.8 Å². The summed E-state index contributed by atoms with van der Waals surface area (Å²) >= 11 is 0. The van der Waals surface area contributed by atoms with Crippen LogP contribution in [0.2, 0.25) is 0 Å². The summed E-state index contributed by atoms with van der Waals surface area (Å²) in [6.07, 6.45) is -1.05. The lowest BCUT2D eigenvalue weighted by molar-refractivity contribution is -0.153. The topological polar surface area (TPSA) is 75.6 Å². The summed E-state index contributed by atoms with van der Waals surface area (Å²) < 4.78 is 40.6. The lowest BCUT2D eigenvalue weighted by Crippen LogP contribution is -2.40. The number of nitrogens with one attached hydrogen (secondary N) is 1. The minimum absolute atomic E-state index is 0.0393. The molecule has 2 N–H and O–H groups in total. The molecule has 0 saturated carbocycles. The number of hydrogen-bond donors (Lipinski definition) is 2. The Labute approximate surface area is 130 Å². The Hall–Kier alpha value is -2.51. The van der Waals surface area contributed by atoms with Crippen LogP contribution in [0.4, 0.5) is 13.2 Å². The SMILES string of the molecule is C/C=C/CC(NC(=O)c1ccc(OCC(F)(F)F)cc1)C(=O)O. The van der Waals surface area contributed by atoms with Gasteiger partial charge < -0.3 is 15.2 Å². The van der Waals surface area contributed by atoms with Gasteiger partial charge in [0.15, 0.2) is 6.61 Å². The number of aliphatic carboxylic acids is 1. The van der Waals surface area contributed by atoms with Crippen molar-refractivity contribution in [1.82, 2.24) is 5.32 Å². The van der Waals surface area contributed by atoms with Gasteiger partial charge in [-0.05, 0) is 37.6 Å². The number of halogens is 3. The zero-order valence-electron chi connectivity index (χ0n) is 12.3. The number of amides is 1. The van der Waals surface area contributed by atoms with Gasteiger partial charge in [0.1, 0.15) is 11.8 Å². The highest BCUT2D eigenvalue weighted by Crippen LogP contribution is 2.18. The molecule has 0 radical (unpaired) electrons. The molecule has 0 fully saturated rings. The molecule has 1 amide bonds. The number of benzene rings is 1. The van der Waals surface area contributed by atoms with Crippen LogP contribution in [-0.2, 0) is 4.79 Å². The quantitative estimate of drug-likeness (QED) is 0.753. The Morgan fingerprint density at radius 2 is 1.91 bits per heavy atom. The van der Waals surface area contributed by atoms with Gasteiger partial charge in [-0.3, -0.25) is 4.79 Å². The summed E-state index contributed by atoms with van der Waals surface area (Å²) in [5.74, 6) is -1.85. The van der Waals surface area contributed by atoms with Crippen LogP contribution >= 0.6 is 0 Å². The fourth-order valence-corrected chi connectivity index (χ4v) is 1.60. The van der Waals surface area contributed by atoms with E-state index in [-0.39, 0.29) is 17.7 Å². The molecule has 0 aliphatic rings. The summed E-state index contributed by atoms with van der Waals surface area (Å²) in [4.78, 5) is 23.0. The van der Waals surface area contributed by atoms with Crippen molar-refractivity contribution in [2.24, 2.45) is 0 Å². The van der Waals surface area contributed by atoms with Gasteiger partial charge in [-0.25, -0.2) is 4.79 Å². The van der Waals surface area contributed by atoms with E-state index >= 15 is 0 Å². The normalized spacial score (nSPS) is 12.9. The van der Waals surface area contributed by atoms with Crippen molar-refractivity contribution in [3.63, 3.8) is 0 Å². The first kappa shape index (κ1) is 18.5. The highest BCUT2D eigenvalue weighted by molar-refractivity contribution is 5.96. The van der Waals surface area contributed by atoms with E-state index in [1.165, 1.54) is 24.3 Å². The number of rotatable bonds is 7. The number of carbonyl (C=O) groups is 2. The molecule has 1 unspecified atom stereocenters. The van der Waals surface area contributed by atoms with Gasteiger partial charge in [-0.2, -0.15) is 13.2 Å². The van der Waals surface area contributed by atoms with Crippen molar-refractivity contribution in [3.05, 3.63) is 42.0 Å². The van der Waals surface area contributed by atoms with Crippen molar-refractivity contribution in [3.8, 4) is 5.75 Å². The lowest BCUT2D eigenvalue weighted by Gasteiger charge is -2.13. The summed E-state index contributed by atoms with van der Waals surface area (Å²) in [6.45, 7) is 0.295. The number of carboxylic acid groups (broad SMARTS) is 1. The van der Waals surface area contributed by atoms with Crippen LogP contribution in [0.3, 0.4) is 0 Å².